The number of benzene rings is 1. The summed E-state index contributed by atoms with van der Waals surface area (Å²) in [5, 5.41) is 3.95. The van der Waals surface area contributed by atoms with Crippen LogP contribution in [0.2, 0.25) is 0 Å². The lowest BCUT2D eigenvalue weighted by Gasteiger charge is -2.02. The van der Waals surface area contributed by atoms with Crippen LogP contribution < -0.4 is 10.5 Å². The lowest BCUT2D eigenvalue weighted by molar-refractivity contribution is 0.397. The van der Waals surface area contributed by atoms with Gasteiger partial charge in [-0.15, -0.1) is 0 Å². The summed E-state index contributed by atoms with van der Waals surface area (Å²) in [6, 6.07) is 13.3. The molecule has 0 radical (unpaired) electrons. The van der Waals surface area contributed by atoms with Gasteiger partial charge in [0.1, 0.15) is 5.82 Å². The molecule has 4 rings (SSSR count). The highest BCUT2D eigenvalue weighted by Gasteiger charge is 2.16. The van der Waals surface area contributed by atoms with Crippen molar-refractivity contribution in [1.82, 2.24) is 30.1 Å². The lowest BCUT2D eigenvalue weighted by atomic mass is 10.1. The molecule has 0 aliphatic carbocycles. The van der Waals surface area contributed by atoms with Gasteiger partial charge < -0.3 is 15.0 Å². The van der Waals surface area contributed by atoms with Crippen LogP contribution in [0.5, 0.6) is 5.88 Å². The molecular weight excluding hydrogens is 346 g/mol. The molecule has 0 aliphatic heterocycles. The highest BCUT2D eigenvalue weighted by Crippen LogP contribution is 2.23. The molecule has 3 aromatic heterocycles. The molecule has 0 amide bonds. The van der Waals surface area contributed by atoms with Crippen molar-refractivity contribution in [3.8, 4) is 29.0 Å². The third-order valence-electron chi connectivity index (χ3n) is 3.72. The van der Waals surface area contributed by atoms with Gasteiger partial charge in [0.2, 0.25) is 23.5 Å². The number of nitrogens with two attached hydrogens (primary N) is 1. The third kappa shape index (κ3) is 3.71. The van der Waals surface area contributed by atoms with Gasteiger partial charge in [0.05, 0.1) is 7.11 Å². The summed E-state index contributed by atoms with van der Waals surface area (Å²) >= 11 is 0. The van der Waals surface area contributed by atoms with Crippen molar-refractivity contribution in [2.75, 3.05) is 12.8 Å². The Kier molecular flexibility index (Phi) is 4.40. The van der Waals surface area contributed by atoms with E-state index in [1.54, 1.807) is 18.3 Å². The number of nitrogen functional groups attached to an aromatic ring is 1. The minimum Gasteiger partial charge on any atom is -0.481 e. The summed E-state index contributed by atoms with van der Waals surface area (Å²) in [5.74, 6) is 1.85. The minimum absolute atomic E-state index is 0.0999. The molecule has 9 nitrogen and oxygen atoms in total. The highest BCUT2D eigenvalue weighted by atomic mass is 16.5. The number of ether oxygens (including phenoxy) is 1. The summed E-state index contributed by atoms with van der Waals surface area (Å²) in [4.78, 5) is 21.1. The van der Waals surface area contributed by atoms with E-state index in [0.29, 0.717) is 29.6 Å². The molecule has 0 aliphatic rings. The lowest BCUT2D eigenvalue weighted by Crippen LogP contribution is -2.06. The van der Waals surface area contributed by atoms with E-state index in [0.717, 1.165) is 5.56 Å². The van der Waals surface area contributed by atoms with Gasteiger partial charge in [0.15, 0.2) is 0 Å². The van der Waals surface area contributed by atoms with E-state index in [4.69, 9.17) is 15.0 Å². The average Bonchev–Trinajstić information content (AvgIpc) is 3.19. The van der Waals surface area contributed by atoms with E-state index >= 15 is 0 Å². The summed E-state index contributed by atoms with van der Waals surface area (Å²) in [6.45, 7) is 0. The first-order valence-corrected chi connectivity index (χ1v) is 8.10. The second-order valence-electron chi connectivity index (χ2n) is 5.61. The smallest absolute Gasteiger partial charge is 0.258 e. The first kappa shape index (κ1) is 16.6. The number of methoxy groups -OCH3 is 1. The zero-order valence-corrected chi connectivity index (χ0v) is 14.4. The molecule has 0 saturated carbocycles. The Balaban J connectivity index is 1.65. The number of hydrogen-bond acceptors (Lipinski definition) is 9. The second kappa shape index (κ2) is 7.16. The fourth-order valence-corrected chi connectivity index (χ4v) is 2.48. The molecule has 3 heterocycles. The van der Waals surface area contributed by atoms with Crippen LogP contribution in [0.4, 0.5) is 5.95 Å². The van der Waals surface area contributed by atoms with Crippen molar-refractivity contribution in [1.29, 1.82) is 0 Å². The Morgan fingerprint density at radius 2 is 1.85 bits per heavy atom. The molecule has 0 atom stereocenters. The molecule has 0 saturated heterocycles. The summed E-state index contributed by atoms with van der Waals surface area (Å²) in [6.07, 6.45) is 2.11. The Bertz CT molecular complexity index is 1070. The van der Waals surface area contributed by atoms with Gasteiger partial charge in [0.25, 0.3) is 5.89 Å². The highest BCUT2D eigenvalue weighted by molar-refractivity contribution is 5.57. The zero-order valence-electron chi connectivity index (χ0n) is 14.4. The first-order chi connectivity index (χ1) is 13.2. The van der Waals surface area contributed by atoms with E-state index < -0.39 is 0 Å². The van der Waals surface area contributed by atoms with Crippen LogP contribution in [-0.4, -0.2) is 37.2 Å². The summed E-state index contributed by atoms with van der Waals surface area (Å²) in [5.41, 5.74) is 7.57. The van der Waals surface area contributed by atoms with Gasteiger partial charge in [0, 0.05) is 24.2 Å². The molecule has 4 aromatic rings. The Labute approximate surface area is 154 Å². The van der Waals surface area contributed by atoms with Crippen molar-refractivity contribution in [2.45, 2.75) is 6.42 Å². The molecule has 2 N–H and O–H groups in total. The van der Waals surface area contributed by atoms with Gasteiger partial charge in [-0.2, -0.15) is 15.0 Å². The molecule has 0 spiro atoms. The van der Waals surface area contributed by atoms with Crippen molar-refractivity contribution < 1.29 is 9.26 Å². The number of rotatable bonds is 5. The normalized spacial score (nSPS) is 10.7. The first-order valence-electron chi connectivity index (χ1n) is 8.10. The van der Waals surface area contributed by atoms with Crippen LogP contribution in [0.3, 0.4) is 0 Å². The predicted octanol–water partition coefficient (Wildman–Crippen LogP) is 2.17. The maximum absolute atomic E-state index is 5.83. The quantitative estimate of drug-likeness (QED) is 0.569. The number of pyridine rings is 1. The number of hydrogen-bond donors (Lipinski definition) is 1. The average molecular weight is 361 g/mol. The summed E-state index contributed by atoms with van der Waals surface area (Å²) < 4.78 is 10.4. The van der Waals surface area contributed by atoms with Crippen LogP contribution in [-0.2, 0) is 6.42 Å². The molecule has 1 aromatic carbocycles. The number of aromatic nitrogens is 6. The van der Waals surface area contributed by atoms with Crippen molar-refractivity contribution in [3.63, 3.8) is 0 Å². The largest absolute Gasteiger partial charge is 0.481 e. The van der Waals surface area contributed by atoms with Crippen molar-refractivity contribution >= 4 is 5.95 Å². The SMILES string of the molecule is COc1cc(-c2nc(-c3nc(N)nc(Cc4ccccc4)n3)no2)ccn1. The summed E-state index contributed by atoms with van der Waals surface area (Å²) in [7, 11) is 1.53. The predicted molar refractivity (Wildman–Crippen MR) is 96.6 cm³/mol. The zero-order chi connectivity index (χ0) is 18.6. The van der Waals surface area contributed by atoms with Crippen LogP contribution >= 0.6 is 0 Å². The van der Waals surface area contributed by atoms with Crippen LogP contribution in [0, 0.1) is 0 Å². The molecule has 27 heavy (non-hydrogen) atoms. The number of nitrogens with zero attached hydrogens (tertiary/aromatic N) is 6. The monoisotopic (exact) mass is 361 g/mol. The van der Waals surface area contributed by atoms with Gasteiger partial charge >= 0.3 is 0 Å². The van der Waals surface area contributed by atoms with Gasteiger partial charge in [-0.05, 0) is 11.6 Å². The van der Waals surface area contributed by atoms with E-state index in [2.05, 4.69) is 30.1 Å². The molecule has 0 bridgehead atoms. The molecule has 0 unspecified atom stereocenters. The molecular formula is C18H15N7O2. The Hall–Kier alpha value is -3.88. The van der Waals surface area contributed by atoms with E-state index in [1.165, 1.54) is 7.11 Å². The van der Waals surface area contributed by atoms with Gasteiger partial charge in [-0.1, -0.05) is 35.5 Å². The van der Waals surface area contributed by atoms with E-state index in [1.807, 2.05) is 30.3 Å². The van der Waals surface area contributed by atoms with Crippen molar-refractivity contribution in [3.05, 3.63) is 60.0 Å². The third-order valence-corrected chi connectivity index (χ3v) is 3.72. The van der Waals surface area contributed by atoms with Crippen molar-refractivity contribution in [2.24, 2.45) is 0 Å². The Morgan fingerprint density at radius 1 is 1.00 bits per heavy atom. The number of anilines is 1. The van der Waals surface area contributed by atoms with E-state index in [-0.39, 0.29) is 17.6 Å². The van der Waals surface area contributed by atoms with Crippen LogP contribution in [0.15, 0.2) is 53.2 Å². The topological polar surface area (TPSA) is 126 Å². The second-order valence-corrected chi connectivity index (χ2v) is 5.61. The maximum Gasteiger partial charge on any atom is 0.258 e. The minimum atomic E-state index is 0.0999. The fourth-order valence-electron chi connectivity index (χ4n) is 2.48. The molecule has 134 valence electrons. The molecule has 9 heteroatoms. The standard InChI is InChI=1S/C18H15N7O2/c1-26-14-10-12(7-8-20-14)17-23-16(25-27-17)15-21-13(22-18(19)24-15)9-11-5-3-2-4-6-11/h2-8,10H,9H2,1H3,(H2,19,21,22,24). The van der Waals surface area contributed by atoms with E-state index in [9.17, 15) is 0 Å². The maximum atomic E-state index is 5.83. The van der Waals surface area contributed by atoms with Gasteiger partial charge in [-0.25, -0.2) is 9.97 Å². The fraction of sp³-hybridized carbons (Fsp3) is 0.111. The van der Waals surface area contributed by atoms with Crippen LogP contribution in [0.1, 0.15) is 11.4 Å². The Morgan fingerprint density at radius 3 is 2.67 bits per heavy atom. The van der Waals surface area contributed by atoms with Gasteiger partial charge in [-0.3, -0.25) is 0 Å². The molecule has 0 fully saturated rings. The van der Waals surface area contributed by atoms with Crippen LogP contribution in [0.25, 0.3) is 23.1 Å².